The number of rotatable bonds is 4. The van der Waals surface area contributed by atoms with E-state index >= 15 is 0 Å². The lowest BCUT2D eigenvalue weighted by molar-refractivity contribution is -0.122. The molecular formula is C26H28F2N4O4S. The van der Waals surface area contributed by atoms with Crippen molar-refractivity contribution in [3.63, 3.8) is 0 Å². The van der Waals surface area contributed by atoms with Crippen LogP contribution in [-0.4, -0.2) is 45.7 Å². The number of pyridine rings is 1. The van der Waals surface area contributed by atoms with Crippen molar-refractivity contribution >= 4 is 41.4 Å². The molecule has 1 aliphatic carbocycles. The number of hydrogen-bond donors (Lipinski definition) is 2. The predicted octanol–water partition coefficient (Wildman–Crippen LogP) is 5.61. The van der Waals surface area contributed by atoms with Crippen LogP contribution in [0, 0.1) is 23.1 Å². The Kier molecular flexibility index (Phi) is 10.3. The number of amidine groups is 1. The molecule has 11 heteroatoms. The number of carbonyl (C=O) groups is 2. The van der Waals surface area contributed by atoms with Crippen molar-refractivity contribution in [3.05, 3.63) is 64.7 Å². The minimum Gasteiger partial charge on any atom is -0.483 e. The molecule has 1 saturated carbocycles. The summed E-state index contributed by atoms with van der Waals surface area (Å²) in [5.74, 6) is -0.949. The van der Waals surface area contributed by atoms with Crippen LogP contribution in [0.4, 0.5) is 13.6 Å². The topological polar surface area (TPSA) is 125 Å². The average molecular weight is 531 g/mol. The molecule has 3 unspecified atom stereocenters. The third-order valence-electron chi connectivity index (χ3n) is 5.17. The molecule has 3 rings (SSSR count). The predicted molar refractivity (Wildman–Crippen MR) is 139 cm³/mol. The summed E-state index contributed by atoms with van der Waals surface area (Å²) in [6.45, 7) is 7.05. The number of halogens is 2. The van der Waals surface area contributed by atoms with E-state index in [9.17, 15) is 13.6 Å². The number of nitrogens with zero attached hydrogens (tertiary/aromatic N) is 3. The minimum atomic E-state index is -0.636. The van der Waals surface area contributed by atoms with E-state index in [1.165, 1.54) is 48.3 Å². The molecule has 2 aromatic rings. The maximum atomic E-state index is 14.7. The molecule has 196 valence electrons. The second-order valence-electron chi connectivity index (χ2n) is 9.05. The standard InChI is InChI=1S/C25H26F2N4O2S.CH2O2/c1-14-21(22(14)34-23(29-5)31-24(32)33-25(2,3)4)17-10-15(6-8-18(17)26)11-19(27)20-9-7-16(12-28)13-30-20;2-1-3/h6-11,13-14,21-22H,1-5H3,(H,29,31,32);1H,(H,2,3)/b19-11-;. The number of hydrogen-bond acceptors (Lipinski definition) is 7. The highest BCUT2D eigenvalue weighted by Gasteiger charge is 2.50. The highest BCUT2D eigenvalue weighted by atomic mass is 32.2. The van der Waals surface area contributed by atoms with Crippen LogP contribution < -0.4 is 5.32 Å². The molecule has 0 radical (unpaired) electrons. The van der Waals surface area contributed by atoms with Crippen LogP contribution in [-0.2, 0) is 9.53 Å². The lowest BCUT2D eigenvalue weighted by atomic mass is 10.0. The Balaban J connectivity index is 0.00000153. The second-order valence-corrected chi connectivity index (χ2v) is 10.2. The molecule has 8 nitrogen and oxygen atoms in total. The normalized spacial score (nSPS) is 19.1. The SMILES string of the molecule is CN=C(NC(=O)OC(C)(C)C)SC1C(C)C1c1cc(/C=C(\F)c2ccc(C#N)cn2)ccc1F.O=CO. The maximum Gasteiger partial charge on any atom is 0.413 e. The molecule has 0 saturated heterocycles. The summed E-state index contributed by atoms with van der Waals surface area (Å²) in [4.78, 5) is 28.5. The van der Waals surface area contributed by atoms with E-state index in [0.29, 0.717) is 21.9 Å². The number of carbonyl (C=O) groups excluding carboxylic acids is 1. The Morgan fingerprint density at radius 2 is 2.00 bits per heavy atom. The quantitative estimate of drug-likeness (QED) is 0.299. The molecule has 1 aliphatic rings. The van der Waals surface area contributed by atoms with Gasteiger partial charge in [-0.05, 0) is 68.2 Å². The van der Waals surface area contributed by atoms with Crippen molar-refractivity contribution in [2.45, 2.75) is 44.5 Å². The molecule has 2 N–H and O–H groups in total. The van der Waals surface area contributed by atoms with E-state index < -0.39 is 17.5 Å². The van der Waals surface area contributed by atoms with Crippen LogP contribution in [0.3, 0.4) is 0 Å². The fourth-order valence-corrected chi connectivity index (χ4v) is 4.79. The summed E-state index contributed by atoms with van der Waals surface area (Å²) in [7, 11) is 1.56. The highest BCUT2D eigenvalue weighted by Crippen LogP contribution is 2.55. The number of benzene rings is 1. The van der Waals surface area contributed by atoms with Gasteiger partial charge in [0.15, 0.2) is 5.17 Å². The van der Waals surface area contributed by atoms with Gasteiger partial charge < -0.3 is 9.84 Å². The monoisotopic (exact) mass is 530 g/mol. The van der Waals surface area contributed by atoms with Crippen LogP contribution >= 0.6 is 11.8 Å². The summed E-state index contributed by atoms with van der Waals surface area (Å²) in [5, 5.41) is 18.8. The zero-order valence-electron chi connectivity index (χ0n) is 21.0. The van der Waals surface area contributed by atoms with Gasteiger partial charge in [0.25, 0.3) is 6.47 Å². The molecular weight excluding hydrogens is 502 g/mol. The molecule has 3 atom stereocenters. The third-order valence-corrected chi connectivity index (χ3v) is 6.67. The van der Waals surface area contributed by atoms with Crippen LogP contribution in [0.25, 0.3) is 11.9 Å². The van der Waals surface area contributed by atoms with Gasteiger partial charge in [0.05, 0.1) is 11.3 Å². The van der Waals surface area contributed by atoms with Gasteiger partial charge in [-0.25, -0.2) is 13.6 Å². The molecule has 1 aromatic carbocycles. The van der Waals surface area contributed by atoms with E-state index in [1.54, 1.807) is 33.9 Å². The maximum absolute atomic E-state index is 14.7. The van der Waals surface area contributed by atoms with Crippen molar-refractivity contribution in [1.29, 1.82) is 5.26 Å². The molecule has 1 aromatic heterocycles. The first-order valence-electron chi connectivity index (χ1n) is 11.2. The van der Waals surface area contributed by atoms with Gasteiger partial charge >= 0.3 is 6.09 Å². The van der Waals surface area contributed by atoms with Gasteiger partial charge in [-0.2, -0.15) is 5.26 Å². The van der Waals surface area contributed by atoms with Gasteiger partial charge in [0.2, 0.25) is 0 Å². The Hall–Kier alpha value is -3.78. The second kappa shape index (κ2) is 13.0. The number of aliphatic imine (C=N–C) groups is 1. The number of nitriles is 1. The number of amides is 1. The van der Waals surface area contributed by atoms with Crippen molar-refractivity contribution < 1.29 is 28.2 Å². The first-order valence-corrected chi connectivity index (χ1v) is 12.1. The first kappa shape index (κ1) is 29.5. The zero-order valence-corrected chi connectivity index (χ0v) is 21.8. The largest absolute Gasteiger partial charge is 0.483 e. The summed E-state index contributed by atoms with van der Waals surface area (Å²) >= 11 is 1.35. The van der Waals surface area contributed by atoms with Crippen molar-refractivity contribution in [2.24, 2.45) is 10.9 Å². The van der Waals surface area contributed by atoms with Crippen LogP contribution in [0.15, 0.2) is 41.5 Å². The van der Waals surface area contributed by atoms with E-state index in [2.05, 4.69) is 15.3 Å². The fourth-order valence-electron chi connectivity index (χ4n) is 3.45. The van der Waals surface area contributed by atoms with E-state index in [4.69, 9.17) is 19.9 Å². The molecule has 0 aliphatic heterocycles. The van der Waals surface area contributed by atoms with E-state index in [1.807, 2.05) is 13.0 Å². The van der Waals surface area contributed by atoms with Gasteiger partial charge in [0.1, 0.15) is 23.3 Å². The number of ether oxygens (including phenoxy) is 1. The highest BCUT2D eigenvalue weighted by molar-refractivity contribution is 8.14. The van der Waals surface area contributed by atoms with Gasteiger partial charge in [-0.3, -0.25) is 20.1 Å². The van der Waals surface area contributed by atoms with Gasteiger partial charge in [-0.1, -0.05) is 24.8 Å². The van der Waals surface area contributed by atoms with E-state index in [-0.39, 0.29) is 35.1 Å². The number of aromatic nitrogens is 1. The zero-order chi connectivity index (χ0) is 27.8. The number of thioether (sulfide) groups is 1. The number of nitrogens with one attached hydrogen (secondary N) is 1. The lowest BCUT2D eigenvalue weighted by Crippen LogP contribution is -2.35. The molecule has 37 heavy (non-hydrogen) atoms. The van der Waals surface area contributed by atoms with Gasteiger partial charge in [0, 0.05) is 24.4 Å². The lowest BCUT2D eigenvalue weighted by Gasteiger charge is -2.19. The smallest absolute Gasteiger partial charge is 0.413 e. The number of alkyl carbamates (subject to hydrolysis) is 1. The van der Waals surface area contributed by atoms with Crippen molar-refractivity contribution in [2.75, 3.05) is 7.05 Å². The molecule has 1 heterocycles. The Morgan fingerprint density at radius 1 is 1.32 bits per heavy atom. The Labute approximate surface area is 218 Å². The van der Waals surface area contributed by atoms with Crippen LogP contribution in [0.2, 0.25) is 0 Å². The van der Waals surface area contributed by atoms with Crippen molar-refractivity contribution in [3.8, 4) is 6.07 Å². The number of carboxylic acid groups (broad SMARTS) is 1. The van der Waals surface area contributed by atoms with E-state index in [0.717, 1.165) is 0 Å². The minimum absolute atomic E-state index is 0.00703. The summed E-state index contributed by atoms with van der Waals surface area (Å²) in [5.41, 5.74) is 0.771. The first-order chi connectivity index (χ1) is 17.4. The summed E-state index contributed by atoms with van der Waals surface area (Å²) in [6.07, 6.45) is 1.98. The Morgan fingerprint density at radius 3 is 2.54 bits per heavy atom. The summed E-state index contributed by atoms with van der Waals surface area (Å²) < 4.78 is 34.6. The Bertz CT molecular complexity index is 1220. The molecule has 1 amide bonds. The third kappa shape index (κ3) is 8.68. The fraction of sp³-hybridized carbons (Fsp3) is 0.346. The van der Waals surface area contributed by atoms with Crippen molar-refractivity contribution in [1.82, 2.24) is 10.3 Å². The summed E-state index contributed by atoms with van der Waals surface area (Å²) in [6, 6.07) is 9.29. The molecule has 0 bridgehead atoms. The van der Waals surface area contributed by atoms with Gasteiger partial charge in [-0.15, -0.1) is 0 Å². The average Bonchev–Trinajstić information content (AvgIpc) is 3.47. The van der Waals surface area contributed by atoms with Crippen LogP contribution in [0.1, 0.15) is 56.0 Å². The molecule has 1 fully saturated rings. The van der Waals surface area contributed by atoms with Crippen LogP contribution in [0.5, 0.6) is 0 Å². The molecule has 0 spiro atoms.